The van der Waals surface area contributed by atoms with Gasteiger partial charge in [0.15, 0.2) is 15.0 Å². The molecule has 0 radical (unpaired) electrons. The van der Waals surface area contributed by atoms with Crippen LogP contribution in [0.25, 0.3) is 10.2 Å². The number of nitrogens with one attached hydrogen (secondary N) is 1. The highest BCUT2D eigenvalue weighted by Crippen LogP contribution is 2.29. The molecule has 0 unspecified atom stereocenters. The number of hydrogen-bond donors (Lipinski definition) is 1. The minimum absolute atomic E-state index is 0.00541. The van der Waals surface area contributed by atoms with E-state index < -0.39 is 14.8 Å². The summed E-state index contributed by atoms with van der Waals surface area (Å²) < 4.78 is 30.3. The summed E-state index contributed by atoms with van der Waals surface area (Å²) >= 11 is 1.12. The summed E-state index contributed by atoms with van der Waals surface area (Å²) in [6.07, 6.45) is 0.155. The Bertz CT molecular complexity index is 1160. The van der Waals surface area contributed by atoms with Gasteiger partial charge in [0, 0.05) is 18.6 Å². The highest BCUT2D eigenvalue weighted by Gasteiger charge is 2.16. The van der Waals surface area contributed by atoms with Gasteiger partial charge in [0.2, 0.25) is 5.91 Å². The molecule has 1 aromatic heterocycles. The molecule has 11 heteroatoms. The number of anilines is 1. The van der Waals surface area contributed by atoms with Crippen molar-refractivity contribution >= 4 is 48.1 Å². The zero-order valence-corrected chi connectivity index (χ0v) is 17.0. The van der Waals surface area contributed by atoms with Crippen LogP contribution in [0, 0.1) is 10.1 Å². The van der Waals surface area contributed by atoms with E-state index in [0.717, 1.165) is 11.3 Å². The lowest BCUT2D eigenvalue weighted by Gasteiger charge is -2.06. The summed E-state index contributed by atoms with van der Waals surface area (Å²) in [6, 6.07) is 10.3. The van der Waals surface area contributed by atoms with Crippen LogP contribution in [0.3, 0.4) is 0 Å². The fourth-order valence-electron chi connectivity index (χ4n) is 2.59. The Morgan fingerprint density at radius 2 is 1.97 bits per heavy atom. The number of nitro benzene ring substituents is 1. The summed E-state index contributed by atoms with van der Waals surface area (Å²) in [5, 5.41) is 13.7. The number of nitro groups is 1. The average Bonchev–Trinajstić information content (AvgIpc) is 3.09. The zero-order chi connectivity index (χ0) is 21.0. The van der Waals surface area contributed by atoms with E-state index in [1.165, 1.54) is 37.4 Å². The summed E-state index contributed by atoms with van der Waals surface area (Å²) in [4.78, 5) is 26.8. The molecule has 0 atom stereocenters. The zero-order valence-electron chi connectivity index (χ0n) is 15.3. The number of non-ortho nitro benzene ring substituents is 1. The van der Waals surface area contributed by atoms with Crippen LogP contribution in [-0.4, -0.2) is 37.1 Å². The van der Waals surface area contributed by atoms with Gasteiger partial charge in [-0.2, -0.15) is 0 Å². The molecule has 152 valence electrons. The van der Waals surface area contributed by atoms with Gasteiger partial charge in [-0.1, -0.05) is 11.3 Å². The van der Waals surface area contributed by atoms with Crippen LogP contribution in [0.15, 0.2) is 47.4 Å². The Morgan fingerprint density at radius 1 is 1.24 bits per heavy atom. The number of nitrogens with zero attached hydrogens (tertiary/aromatic N) is 2. The second kappa shape index (κ2) is 8.53. The van der Waals surface area contributed by atoms with Crippen molar-refractivity contribution in [3.05, 3.63) is 52.6 Å². The smallest absolute Gasteiger partial charge is 0.270 e. The van der Waals surface area contributed by atoms with E-state index in [-0.39, 0.29) is 35.1 Å². The molecular formula is C18H17N3O6S2. The highest BCUT2D eigenvalue weighted by molar-refractivity contribution is 7.91. The standard InChI is InChI=1S/C18H17N3O6S2/c1-27-13-5-7-14(8-6-13)29(25,26)10-2-3-17(22)20-18-19-15-9-4-12(21(23)24)11-16(15)28-18/h4-9,11H,2-3,10H2,1H3,(H,19,20,22). The first-order chi connectivity index (χ1) is 13.8. The molecule has 0 bridgehead atoms. The van der Waals surface area contributed by atoms with E-state index in [2.05, 4.69) is 10.3 Å². The Balaban J connectivity index is 1.56. The SMILES string of the molecule is COc1ccc(S(=O)(=O)CCCC(=O)Nc2nc3ccc([N+](=O)[O-])cc3s2)cc1. The van der Waals surface area contributed by atoms with Crippen molar-refractivity contribution in [2.24, 2.45) is 0 Å². The van der Waals surface area contributed by atoms with Crippen LogP contribution in [-0.2, 0) is 14.6 Å². The monoisotopic (exact) mass is 435 g/mol. The number of methoxy groups -OCH3 is 1. The fraction of sp³-hybridized carbons (Fsp3) is 0.222. The minimum atomic E-state index is -3.50. The van der Waals surface area contributed by atoms with E-state index in [0.29, 0.717) is 21.1 Å². The third-order valence-electron chi connectivity index (χ3n) is 4.06. The number of hydrogen-bond acceptors (Lipinski definition) is 8. The van der Waals surface area contributed by atoms with Crippen LogP contribution in [0.5, 0.6) is 5.75 Å². The van der Waals surface area contributed by atoms with Crippen molar-refractivity contribution in [2.75, 3.05) is 18.2 Å². The van der Waals surface area contributed by atoms with Crippen LogP contribution < -0.4 is 10.1 Å². The van der Waals surface area contributed by atoms with Crippen molar-refractivity contribution in [1.29, 1.82) is 0 Å². The van der Waals surface area contributed by atoms with Crippen molar-refractivity contribution in [3.63, 3.8) is 0 Å². The van der Waals surface area contributed by atoms with E-state index in [1.807, 2.05) is 0 Å². The first-order valence-electron chi connectivity index (χ1n) is 8.50. The van der Waals surface area contributed by atoms with Gasteiger partial charge in [-0.25, -0.2) is 13.4 Å². The molecular weight excluding hydrogens is 418 g/mol. The molecule has 1 heterocycles. The molecule has 0 fully saturated rings. The lowest BCUT2D eigenvalue weighted by Crippen LogP contribution is -2.14. The Kier molecular flexibility index (Phi) is 6.09. The van der Waals surface area contributed by atoms with Gasteiger partial charge in [-0.3, -0.25) is 14.9 Å². The van der Waals surface area contributed by atoms with Gasteiger partial charge in [-0.15, -0.1) is 0 Å². The maximum atomic E-state index is 12.3. The first kappa shape index (κ1) is 20.7. The number of rotatable bonds is 8. The topological polar surface area (TPSA) is 128 Å². The molecule has 1 amide bonds. The molecule has 1 N–H and O–H groups in total. The molecule has 0 aliphatic heterocycles. The largest absolute Gasteiger partial charge is 0.497 e. The predicted octanol–water partition coefficient (Wildman–Crippen LogP) is 3.41. The number of benzene rings is 2. The van der Waals surface area contributed by atoms with Gasteiger partial charge in [0.1, 0.15) is 5.75 Å². The number of ether oxygens (including phenoxy) is 1. The molecule has 9 nitrogen and oxygen atoms in total. The molecule has 2 aromatic carbocycles. The lowest BCUT2D eigenvalue weighted by molar-refractivity contribution is -0.384. The number of amides is 1. The summed E-state index contributed by atoms with van der Waals surface area (Å²) in [6.45, 7) is 0. The van der Waals surface area contributed by atoms with Gasteiger partial charge in [0.25, 0.3) is 5.69 Å². The molecule has 29 heavy (non-hydrogen) atoms. The third kappa shape index (κ3) is 5.06. The summed E-state index contributed by atoms with van der Waals surface area (Å²) in [5.41, 5.74) is 0.487. The predicted molar refractivity (Wildman–Crippen MR) is 109 cm³/mol. The fourth-order valence-corrected chi connectivity index (χ4v) is 4.81. The average molecular weight is 435 g/mol. The van der Waals surface area contributed by atoms with Crippen molar-refractivity contribution in [3.8, 4) is 5.75 Å². The van der Waals surface area contributed by atoms with Crippen molar-refractivity contribution < 1.29 is 22.9 Å². The quantitative estimate of drug-likeness (QED) is 0.424. The molecule has 0 saturated heterocycles. The number of sulfone groups is 1. The summed E-state index contributed by atoms with van der Waals surface area (Å²) in [5.74, 6) is 0.0201. The first-order valence-corrected chi connectivity index (χ1v) is 11.0. The summed E-state index contributed by atoms with van der Waals surface area (Å²) in [7, 11) is -2.00. The van der Waals surface area contributed by atoms with Crippen molar-refractivity contribution in [1.82, 2.24) is 4.98 Å². The van der Waals surface area contributed by atoms with Gasteiger partial charge >= 0.3 is 0 Å². The second-order valence-corrected chi connectivity index (χ2v) is 9.21. The maximum Gasteiger partial charge on any atom is 0.270 e. The number of aromatic nitrogens is 1. The van der Waals surface area contributed by atoms with Crippen LogP contribution in [0.1, 0.15) is 12.8 Å². The van der Waals surface area contributed by atoms with E-state index >= 15 is 0 Å². The Hall–Kier alpha value is -3.05. The van der Waals surface area contributed by atoms with E-state index in [1.54, 1.807) is 12.1 Å². The molecule has 0 spiro atoms. The highest BCUT2D eigenvalue weighted by atomic mass is 32.2. The number of fused-ring (bicyclic) bond motifs is 1. The van der Waals surface area contributed by atoms with E-state index in [4.69, 9.17) is 4.74 Å². The van der Waals surface area contributed by atoms with Gasteiger partial charge < -0.3 is 10.1 Å². The van der Waals surface area contributed by atoms with Crippen LogP contribution in [0.2, 0.25) is 0 Å². The normalized spacial score (nSPS) is 11.3. The number of thiazole rings is 1. The molecule has 3 aromatic rings. The molecule has 0 saturated carbocycles. The van der Waals surface area contributed by atoms with E-state index in [9.17, 15) is 23.3 Å². The Labute approximate surface area is 170 Å². The Morgan fingerprint density at radius 3 is 2.62 bits per heavy atom. The number of carbonyl (C=O) groups excluding carboxylic acids is 1. The maximum absolute atomic E-state index is 12.3. The lowest BCUT2D eigenvalue weighted by atomic mass is 10.3. The van der Waals surface area contributed by atoms with Crippen LogP contribution >= 0.6 is 11.3 Å². The molecule has 3 rings (SSSR count). The minimum Gasteiger partial charge on any atom is -0.497 e. The third-order valence-corrected chi connectivity index (χ3v) is 6.81. The van der Waals surface area contributed by atoms with Crippen LogP contribution in [0.4, 0.5) is 10.8 Å². The van der Waals surface area contributed by atoms with Gasteiger partial charge in [-0.05, 0) is 36.8 Å². The second-order valence-electron chi connectivity index (χ2n) is 6.07. The molecule has 0 aliphatic rings. The number of carbonyl (C=O) groups is 1. The van der Waals surface area contributed by atoms with Crippen molar-refractivity contribution in [2.45, 2.75) is 17.7 Å². The molecule has 0 aliphatic carbocycles. The van der Waals surface area contributed by atoms with Gasteiger partial charge in [0.05, 0.1) is 32.9 Å².